The second-order valence-corrected chi connectivity index (χ2v) is 6.24. The fourth-order valence-corrected chi connectivity index (χ4v) is 3.44. The van der Waals surface area contributed by atoms with E-state index < -0.39 is 6.17 Å². The van der Waals surface area contributed by atoms with E-state index in [9.17, 15) is 4.79 Å². The lowest BCUT2D eigenvalue weighted by Crippen LogP contribution is -2.33. The van der Waals surface area contributed by atoms with Gasteiger partial charge in [0, 0.05) is 16.1 Å². The molecule has 0 radical (unpaired) electrons. The van der Waals surface area contributed by atoms with Crippen LogP contribution in [-0.2, 0) is 4.79 Å². The number of anilines is 1. The molecule has 2 aromatic carbocycles. The number of nitrogens with one attached hydrogen (secondary N) is 2. The summed E-state index contributed by atoms with van der Waals surface area (Å²) in [7, 11) is 0. The van der Waals surface area contributed by atoms with Gasteiger partial charge in [0.1, 0.15) is 0 Å². The minimum absolute atomic E-state index is 0.332. The second-order valence-electron chi connectivity index (χ2n) is 4.77. The highest BCUT2D eigenvalue weighted by Gasteiger charge is 2.27. The van der Waals surface area contributed by atoms with E-state index in [1.165, 1.54) is 0 Å². The van der Waals surface area contributed by atoms with Crippen LogP contribution in [0.15, 0.2) is 41.4 Å². The Balaban J connectivity index is 2.29. The van der Waals surface area contributed by atoms with Gasteiger partial charge in [-0.3, -0.25) is 9.79 Å². The molecule has 2 aromatic rings. The number of aliphatic imine (C=N–C) groups is 1. The van der Waals surface area contributed by atoms with Gasteiger partial charge in [-0.1, -0.05) is 53.0 Å². The number of benzodiazepines with no additional fused rings is 1. The highest BCUT2D eigenvalue weighted by Crippen LogP contribution is 2.34. The maximum Gasteiger partial charge on any atom is 0.265 e. The summed E-state index contributed by atoms with van der Waals surface area (Å²) in [5.41, 5.74) is 2.21. The van der Waals surface area contributed by atoms with E-state index in [0.717, 1.165) is 0 Å². The SMILES string of the molecule is O=C1Nc2ccccc2C(c2c(Cl)cc(Cl)cc2Cl)=NC1NCl. The van der Waals surface area contributed by atoms with Gasteiger partial charge < -0.3 is 5.32 Å². The maximum absolute atomic E-state index is 12.2. The molecule has 8 heteroatoms. The van der Waals surface area contributed by atoms with Crippen molar-refractivity contribution in [3.8, 4) is 0 Å². The van der Waals surface area contributed by atoms with E-state index in [1.54, 1.807) is 24.3 Å². The van der Waals surface area contributed by atoms with Crippen LogP contribution in [0.3, 0.4) is 0 Å². The van der Waals surface area contributed by atoms with Gasteiger partial charge in [-0.05, 0) is 30.0 Å². The van der Waals surface area contributed by atoms with Crippen LogP contribution < -0.4 is 10.2 Å². The van der Waals surface area contributed by atoms with E-state index in [0.29, 0.717) is 37.6 Å². The highest BCUT2D eigenvalue weighted by molar-refractivity contribution is 6.44. The number of halogens is 4. The molecule has 2 N–H and O–H groups in total. The number of rotatable bonds is 2. The number of benzene rings is 2. The lowest BCUT2D eigenvalue weighted by molar-refractivity contribution is -0.117. The van der Waals surface area contributed by atoms with E-state index in [1.807, 2.05) is 12.1 Å². The topological polar surface area (TPSA) is 53.5 Å². The molecule has 3 rings (SSSR count). The van der Waals surface area contributed by atoms with Crippen molar-refractivity contribution in [1.82, 2.24) is 4.84 Å². The Morgan fingerprint density at radius 2 is 1.74 bits per heavy atom. The third kappa shape index (κ3) is 3.18. The summed E-state index contributed by atoms with van der Waals surface area (Å²) in [6.07, 6.45) is -0.984. The van der Waals surface area contributed by atoms with Gasteiger partial charge in [0.05, 0.1) is 21.4 Å². The quantitative estimate of drug-likeness (QED) is 0.744. The van der Waals surface area contributed by atoms with E-state index in [2.05, 4.69) is 15.1 Å². The molecule has 1 unspecified atom stereocenters. The third-order valence-electron chi connectivity index (χ3n) is 3.29. The van der Waals surface area contributed by atoms with Crippen molar-refractivity contribution >= 4 is 63.9 Å². The molecule has 1 atom stereocenters. The number of carbonyl (C=O) groups is 1. The van der Waals surface area contributed by atoms with Crippen LogP contribution in [-0.4, -0.2) is 17.8 Å². The monoisotopic (exact) mass is 387 g/mol. The van der Waals surface area contributed by atoms with Gasteiger partial charge in [-0.25, -0.2) is 4.84 Å². The van der Waals surface area contributed by atoms with E-state index in [-0.39, 0.29) is 5.91 Å². The molecule has 0 bridgehead atoms. The first-order chi connectivity index (χ1) is 11.0. The molecule has 0 saturated carbocycles. The Labute approximate surface area is 152 Å². The minimum atomic E-state index is -0.984. The van der Waals surface area contributed by atoms with Gasteiger partial charge >= 0.3 is 0 Å². The second kappa shape index (κ2) is 6.67. The summed E-state index contributed by atoms with van der Waals surface area (Å²) in [4.78, 5) is 18.9. The summed E-state index contributed by atoms with van der Waals surface area (Å²) in [6.45, 7) is 0. The van der Waals surface area contributed by atoms with Crippen molar-refractivity contribution in [2.45, 2.75) is 6.17 Å². The molecule has 23 heavy (non-hydrogen) atoms. The summed E-state index contributed by atoms with van der Waals surface area (Å²) in [5, 5.41) is 3.83. The molecule has 118 valence electrons. The molecule has 0 aromatic heterocycles. The Morgan fingerprint density at radius 1 is 1.09 bits per heavy atom. The number of fused-ring (bicyclic) bond motifs is 1. The molecule has 0 aliphatic carbocycles. The van der Waals surface area contributed by atoms with Gasteiger partial charge in [-0.15, -0.1) is 0 Å². The van der Waals surface area contributed by atoms with Crippen molar-refractivity contribution in [2.24, 2.45) is 4.99 Å². The number of carbonyl (C=O) groups excluding carboxylic acids is 1. The van der Waals surface area contributed by atoms with E-state index in [4.69, 9.17) is 46.6 Å². The first-order valence-corrected chi connectivity index (χ1v) is 8.01. The third-order valence-corrected chi connectivity index (χ3v) is 4.31. The highest BCUT2D eigenvalue weighted by atomic mass is 35.5. The summed E-state index contributed by atoms with van der Waals surface area (Å²) >= 11 is 24.2. The molecule has 0 spiro atoms. The number of nitrogens with zero attached hydrogens (tertiary/aromatic N) is 1. The molecule has 1 aliphatic rings. The first-order valence-electron chi connectivity index (χ1n) is 6.50. The fraction of sp³-hybridized carbons (Fsp3) is 0.0667. The number of amides is 1. The Bertz CT molecular complexity index is 799. The number of hydrogen-bond donors (Lipinski definition) is 2. The molecule has 1 amide bonds. The van der Waals surface area contributed by atoms with Crippen molar-refractivity contribution in [3.05, 3.63) is 62.6 Å². The largest absolute Gasteiger partial charge is 0.322 e. The normalized spacial score (nSPS) is 17.1. The molecular formula is C15H9Cl4N3O. The van der Waals surface area contributed by atoms with Crippen molar-refractivity contribution in [1.29, 1.82) is 0 Å². The van der Waals surface area contributed by atoms with Crippen LogP contribution in [0.1, 0.15) is 11.1 Å². The van der Waals surface area contributed by atoms with Crippen LogP contribution in [0.2, 0.25) is 15.1 Å². The van der Waals surface area contributed by atoms with Crippen molar-refractivity contribution in [3.63, 3.8) is 0 Å². The van der Waals surface area contributed by atoms with Crippen LogP contribution in [0.25, 0.3) is 0 Å². The van der Waals surface area contributed by atoms with Crippen LogP contribution in [0.5, 0.6) is 0 Å². The Kier molecular flexibility index (Phi) is 4.80. The Morgan fingerprint density at radius 3 is 2.39 bits per heavy atom. The van der Waals surface area contributed by atoms with Crippen LogP contribution in [0.4, 0.5) is 5.69 Å². The summed E-state index contributed by atoms with van der Waals surface area (Å²) < 4.78 is 0. The molecule has 1 aliphatic heterocycles. The van der Waals surface area contributed by atoms with E-state index >= 15 is 0 Å². The fourth-order valence-electron chi connectivity index (χ4n) is 2.30. The molecule has 4 nitrogen and oxygen atoms in total. The van der Waals surface area contributed by atoms with Gasteiger partial charge in [0.2, 0.25) is 0 Å². The average Bonchev–Trinajstić information content (AvgIpc) is 2.63. The Hall–Kier alpha value is -1.30. The van der Waals surface area contributed by atoms with Gasteiger partial charge in [0.25, 0.3) is 5.91 Å². The summed E-state index contributed by atoms with van der Waals surface area (Å²) in [6, 6.07) is 10.3. The predicted molar refractivity (Wildman–Crippen MR) is 95.0 cm³/mol. The average molecular weight is 389 g/mol. The minimum Gasteiger partial charge on any atom is -0.322 e. The lowest BCUT2D eigenvalue weighted by Gasteiger charge is -2.13. The molecule has 0 saturated heterocycles. The maximum atomic E-state index is 12.2. The molecular weight excluding hydrogens is 380 g/mol. The standard InChI is InChI=1S/C15H9Cl4N3O/c16-7-5-9(17)12(10(18)6-7)13-8-3-1-2-4-11(8)20-15(23)14(21-13)22-19/h1-6,14,22H,(H,20,23). The van der Waals surface area contributed by atoms with Crippen LogP contribution >= 0.6 is 46.6 Å². The summed E-state index contributed by atoms with van der Waals surface area (Å²) in [5.74, 6) is -0.386. The van der Waals surface area contributed by atoms with Gasteiger partial charge in [0.15, 0.2) is 6.17 Å². The lowest BCUT2D eigenvalue weighted by atomic mass is 10.0. The zero-order chi connectivity index (χ0) is 16.6. The number of hydrogen-bond acceptors (Lipinski definition) is 3. The van der Waals surface area contributed by atoms with Crippen molar-refractivity contribution in [2.75, 3.05) is 5.32 Å². The first kappa shape index (κ1) is 16.6. The van der Waals surface area contributed by atoms with Crippen LogP contribution in [0, 0.1) is 0 Å². The number of para-hydroxylation sites is 1. The van der Waals surface area contributed by atoms with Gasteiger partial charge in [-0.2, -0.15) is 0 Å². The predicted octanol–water partition coefficient (Wildman–Crippen LogP) is 4.51. The molecule has 0 fully saturated rings. The zero-order valence-corrected chi connectivity index (χ0v) is 14.4. The molecule has 1 heterocycles. The smallest absolute Gasteiger partial charge is 0.265 e. The zero-order valence-electron chi connectivity index (χ0n) is 11.4. The van der Waals surface area contributed by atoms with Crippen molar-refractivity contribution < 1.29 is 4.79 Å².